The number of anilines is 1. The van der Waals surface area contributed by atoms with Crippen LogP contribution in [0, 0.1) is 6.92 Å². The summed E-state index contributed by atoms with van der Waals surface area (Å²) in [7, 11) is 0. The summed E-state index contributed by atoms with van der Waals surface area (Å²) in [5.74, 6) is -1.06. The first kappa shape index (κ1) is 28.4. The number of rotatable bonds is 7. The molecule has 0 saturated carbocycles. The van der Waals surface area contributed by atoms with Gasteiger partial charge in [-0.25, -0.2) is 10.2 Å². The zero-order chi connectivity index (χ0) is 27.9. The van der Waals surface area contributed by atoms with Gasteiger partial charge in [-0.1, -0.05) is 55.6 Å². The lowest BCUT2D eigenvalue weighted by molar-refractivity contribution is 0.0732. The van der Waals surface area contributed by atoms with Crippen LogP contribution in [-0.2, 0) is 0 Å². The molecule has 4 rings (SSSR count). The van der Waals surface area contributed by atoms with Crippen LogP contribution in [0.1, 0.15) is 42.2 Å². The van der Waals surface area contributed by atoms with Crippen molar-refractivity contribution in [3.8, 4) is 5.75 Å². The molecule has 0 saturated heterocycles. The van der Waals surface area contributed by atoms with Crippen molar-refractivity contribution >= 4 is 77.5 Å². The Bertz CT molecular complexity index is 1590. The number of nitrogens with one attached hydrogen (secondary N) is 2. The Kier molecular flexibility index (Phi) is 9.45. The van der Waals surface area contributed by atoms with Gasteiger partial charge in [0.25, 0.3) is 11.8 Å². The van der Waals surface area contributed by atoms with Crippen LogP contribution in [0.5, 0.6) is 5.75 Å². The second kappa shape index (κ2) is 13.0. The summed E-state index contributed by atoms with van der Waals surface area (Å²) in [6.45, 7) is 1.89. The maximum Gasteiger partial charge on any atom is 0.343 e. The predicted molar refractivity (Wildman–Crippen MR) is 162 cm³/mol. The van der Waals surface area contributed by atoms with Gasteiger partial charge in [0.05, 0.1) is 16.3 Å². The lowest BCUT2D eigenvalue weighted by atomic mass is 10.1. The first-order valence-electron chi connectivity index (χ1n) is 11.5. The molecule has 2 amide bonds. The fourth-order valence-electron chi connectivity index (χ4n) is 3.48. The van der Waals surface area contributed by atoms with Crippen LogP contribution < -0.4 is 15.5 Å². The molecule has 0 bridgehead atoms. The van der Waals surface area contributed by atoms with Crippen molar-refractivity contribution in [1.82, 2.24) is 5.43 Å². The van der Waals surface area contributed by atoms with Gasteiger partial charge in [-0.15, -0.1) is 0 Å². The number of amides is 2. The highest BCUT2D eigenvalue weighted by atomic mass is 79.9. The van der Waals surface area contributed by atoms with Gasteiger partial charge in [-0.3, -0.25) is 9.59 Å². The van der Waals surface area contributed by atoms with Crippen molar-refractivity contribution in [3.05, 3.63) is 126 Å². The number of hydrogen-bond donors (Lipinski definition) is 2. The van der Waals surface area contributed by atoms with Crippen molar-refractivity contribution in [2.24, 2.45) is 5.10 Å². The van der Waals surface area contributed by atoms with Crippen LogP contribution in [0.3, 0.4) is 0 Å². The molecule has 39 heavy (non-hydrogen) atoms. The fraction of sp³-hybridized carbons (Fsp3) is 0.0345. The molecule has 196 valence electrons. The molecule has 0 fully saturated rings. The van der Waals surface area contributed by atoms with Crippen molar-refractivity contribution < 1.29 is 19.1 Å². The fourth-order valence-corrected chi connectivity index (χ4v) is 5.08. The zero-order valence-corrected chi connectivity index (χ0v) is 25.1. The first-order valence-corrected chi connectivity index (χ1v) is 13.9. The average molecular weight is 714 g/mol. The van der Waals surface area contributed by atoms with Gasteiger partial charge in [0, 0.05) is 31.3 Å². The summed E-state index contributed by atoms with van der Waals surface area (Å²) >= 11 is 10.2. The lowest BCUT2D eigenvalue weighted by Gasteiger charge is -2.11. The van der Waals surface area contributed by atoms with E-state index in [4.69, 9.17) is 4.74 Å². The van der Waals surface area contributed by atoms with Crippen molar-refractivity contribution in [2.45, 2.75) is 6.92 Å². The minimum absolute atomic E-state index is 0.250. The number of esters is 1. The second-order valence-electron chi connectivity index (χ2n) is 8.31. The highest BCUT2D eigenvalue weighted by molar-refractivity contribution is 9.11. The molecule has 0 spiro atoms. The highest BCUT2D eigenvalue weighted by Crippen LogP contribution is 2.32. The molecule has 0 aromatic heterocycles. The summed E-state index contributed by atoms with van der Waals surface area (Å²) < 4.78 is 7.76. The third-order valence-electron chi connectivity index (χ3n) is 5.34. The number of nitrogens with zero attached hydrogens (tertiary/aromatic N) is 1. The van der Waals surface area contributed by atoms with Gasteiger partial charge in [-0.05, 0) is 89.6 Å². The van der Waals surface area contributed by atoms with Crippen molar-refractivity contribution in [2.75, 3.05) is 5.32 Å². The number of aryl methyl sites for hydroxylation is 1. The van der Waals surface area contributed by atoms with Gasteiger partial charge < -0.3 is 10.1 Å². The molecule has 0 unspecified atom stereocenters. The quantitative estimate of drug-likeness (QED) is 0.0897. The molecule has 7 nitrogen and oxygen atoms in total. The van der Waals surface area contributed by atoms with Gasteiger partial charge >= 0.3 is 5.97 Å². The van der Waals surface area contributed by atoms with Crippen LogP contribution >= 0.6 is 47.8 Å². The molecule has 0 aliphatic carbocycles. The number of carbonyl (C=O) groups excluding carboxylic acids is 3. The Hall–Kier alpha value is -3.60. The van der Waals surface area contributed by atoms with E-state index in [1.807, 2.05) is 13.0 Å². The van der Waals surface area contributed by atoms with E-state index in [0.29, 0.717) is 36.9 Å². The molecular weight excluding hydrogens is 694 g/mol. The molecule has 2 N–H and O–H groups in total. The summed E-state index contributed by atoms with van der Waals surface area (Å²) in [4.78, 5) is 38.0. The molecule has 4 aromatic rings. The van der Waals surface area contributed by atoms with Crippen molar-refractivity contribution in [3.63, 3.8) is 0 Å². The Labute approximate surface area is 250 Å². The highest BCUT2D eigenvalue weighted by Gasteiger charge is 2.16. The van der Waals surface area contributed by atoms with E-state index in [2.05, 4.69) is 63.6 Å². The number of hydrogen-bond acceptors (Lipinski definition) is 5. The van der Waals surface area contributed by atoms with E-state index in [0.717, 1.165) is 10.0 Å². The predicted octanol–water partition coefficient (Wildman–Crippen LogP) is 7.52. The largest absolute Gasteiger partial charge is 0.421 e. The molecule has 4 aromatic carbocycles. The van der Waals surface area contributed by atoms with E-state index >= 15 is 0 Å². The first-order chi connectivity index (χ1) is 18.7. The van der Waals surface area contributed by atoms with Crippen LogP contribution in [0.15, 0.2) is 103 Å². The maximum atomic E-state index is 12.7. The molecule has 10 heteroatoms. The van der Waals surface area contributed by atoms with Crippen LogP contribution in [0.25, 0.3) is 0 Å². The molecule has 0 aliphatic heterocycles. The Morgan fingerprint density at radius 2 is 1.49 bits per heavy atom. The summed E-state index contributed by atoms with van der Waals surface area (Å²) in [6.07, 6.45) is 1.38. The van der Waals surface area contributed by atoms with E-state index in [-0.39, 0.29) is 11.7 Å². The summed E-state index contributed by atoms with van der Waals surface area (Å²) in [5, 5.41) is 6.83. The minimum atomic E-state index is -0.526. The lowest BCUT2D eigenvalue weighted by Crippen LogP contribution is -2.18. The van der Waals surface area contributed by atoms with Crippen LogP contribution in [0.2, 0.25) is 0 Å². The topological polar surface area (TPSA) is 96.9 Å². The summed E-state index contributed by atoms with van der Waals surface area (Å²) in [5.41, 5.74) is 5.50. The minimum Gasteiger partial charge on any atom is -0.421 e. The SMILES string of the molecule is Cc1cccc(C(=O)Oc2c(Br)cc(Br)cc2C=NNC(=O)c2cccc(NC(=O)c3ccc(Br)cc3)c2)c1. The number of benzene rings is 4. The van der Waals surface area contributed by atoms with Gasteiger partial charge in [0.2, 0.25) is 0 Å². The van der Waals surface area contributed by atoms with Crippen LogP contribution in [0.4, 0.5) is 5.69 Å². The number of carbonyl (C=O) groups is 3. The standard InChI is InChI=1S/C29H20Br3N3O4/c1-17-4-2-6-20(12-17)29(38)39-26-21(13-23(31)15-25(26)32)16-33-35-28(37)19-5-3-7-24(14-19)34-27(36)18-8-10-22(30)11-9-18/h2-16H,1H3,(H,34,36)(H,35,37). The van der Waals surface area contributed by atoms with E-state index in [1.165, 1.54) is 6.21 Å². The number of hydrazone groups is 1. The smallest absolute Gasteiger partial charge is 0.343 e. The molecule has 0 aliphatic rings. The van der Waals surface area contributed by atoms with Crippen molar-refractivity contribution in [1.29, 1.82) is 0 Å². The molecule has 0 atom stereocenters. The monoisotopic (exact) mass is 711 g/mol. The Morgan fingerprint density at radius 1 is 0.769 bits per heavy atom. The third kappa shape index (κ3) is 7.72. The maximum absolute atomic E-state index is 12.7. The second-order valence-corrected chi connectivity index (χ2v) is 11.0. The van der Waals surface area contributed by atoms with E-state index in [1.54, 1.807) is 78.9 Å². The van der Waals surface area contributed by atoms with E-state index in [9.17, 15) is 14.4 Å². The third-order valence-corrected chi connectivity index (χ3v) is 6.92. The van der Waals surface area contributed by atoms with Crippen LogP contribution in [-0.4, -0.2) is 24.0 Å². The zero-order valence-electron chi connectivity index (χ0n) is 20.4. The molecule has 0 heterocycles. The van der Waals surface area contributed by atoms with Gasteiger partial charge in [-0.2, -0.15) is 5.10 Å². The van der Waals surface area contributed by atoms with E-state index < -0.39 is 11.9 Å². The number of halogens is 3. The number of ether oxygens (including phenoxy) is 1. The Morgan fingerprint density at radius 3 is 2.23 bits per heavy atom. The Balaban J connectivity index is 1.46. The van der Waals surface area contributed by atoms with Gasteiger partial charge in [0.15, 0.2) is 5.75 Å². The normalized spacial score (nSPS) is 10.8. The average Bonchev–Trinajstić information content (AvgIpc) is 2.91. The molecular formula is C29H20Br3N3O4. The molecule has 0 radical (unpaired) electrons. The van der Waals surface area contributed by atoms with Gasteiger partial charge in [0.1, 0.15) is 0 Å². The summed E-state index contributed by atoms with van der Waals surface area (Å²) in [6, 6.07) is 23.9.